The smallest absolute Gasteiger partial charge is 0.328 e. The Kier molecular flexibility index (Phi) is 5.37. The summed E-state index contributed by atoms with van der Waals surface area (Å²) < 4.78 is 0.993. The third-order valence-electron chi connectivity index (χ3n) is 2.78. The predicted octanol–water partition coefficient (Wildman–Crippen LogP) is -0.999. The van der Waals surface area contributed by atoms with Crippen molar-refractivity contribution >= 4 is 17.7 Å². The third kappa shape index (κ3) is 4.25. The van der Waals surface area contributed by atoms with E-state index < -0.39 is 41.9 Å². The van der Waals surface area contributed by atoms with Gasteiger partial charge < -0.3 is 20.1 Å². The number of nitrogens with one attached hydrogen (secondary N) is 1. The molecule has 0 unspecified atom stereocenters. The van der Waals surface area contributed by atoms with E-state index in [1.165, 1.54) is 32.2 Å². The summed E-state index contributed by atoms with van der Waals surface area (Å²) >= 11 is 0. The maximum atomic E-state index is 11.9. The van der Waals surface area contributed by atoms with Crippen LogP contribution in [0.4, 0.5) is 0 Å². The van der Waals surface area contributed by atoms with E-state index in [1.54, 1.807) is 0 Å². The fraction of sp³-hybridized carbons (Fsp3) is 0.385. The van der Waals surface area contributed by atoms with Gasteiger partial charge in [0.25, 0.3) is 5.56 Å². The van der Waals surface area contributed by atoms with Gasteiger partial charge in [-0.15, -0.1) is 0 Å². The topological polar surface area (TPSA) is 126 Å². The molecule has 1 aromatic heterocycles. The predicted molar refractivity (Wildman–Crippen MR) is 72.0 cm³/mol. The van der Waals surface area contributed by atoms with Gasteiger partial charge in [-0.05, 0) is 26.0 Å². The molecule has 3 N–H and O–H groups in total. The normalized spacial score (nSPS) is 13.3. The van der Waals surface area contributed by atoms with Gasteiger partial charge in [0.15, 0.2) is 11.8 Å². The van der Waals surface area contributed by atoms with E-state index in [0.29, 0.717) is 0 Å². The molecular weight excluding hydrogens is 280 g/mol. The molecule has 0 aliphatic carbocycles. The monoisotopic (exact) mass is 296 g/mol. The largest absolute Gasteiger partial charge is 0.480 e. The Bertz CT molecular complexity index is 619. The van der Waals surface area contributed by atoms with E-state index in [0.717, 1.165) is 4.57 Å². The Labute approximate surface area is 120 Å². The molecule has 114 valence electrons. The highest BCUT2D eigenvalue weighted by Crippen LogP contribution is 1.96. The average molecular weight is 296 g/mol. The van der Waals surface area contributed by atoms with Gasteiger partial charge in [0.1, 0.15) is 6.54 Å². The van der Waals surface area contributed by atoms with Crippen molar-refractivity contribution < 1.29 is 24.6 Å². The standard InChI is InChI=1S/C13H16N2O6/c1-7(16)9-4-3-5-15(12(9)19)6-10(18)14-11(8(2)17)13(20)21/h3-5,8,11,17H,6H2,1-2H3,(H,14,18)(H,20,21)/t8-,11+/m1/s1. The molecule has 0 bridgehead atoms. The summed E-state index contributed by atoms with van der Waals surface area (Å²) in [5.74, 6) is -2.57. The molecule has 1 heterocycles. The Morgan fingerprint density at radius 3 is 2.48 bits per heavy atom. The fourth-order valence-electron chi connectivity index (χ4n) is 1.69. The second kappa shape index (κ2) is 6.80. The van der Waals surface area contributed by atoms with Crippen molar-refractivity contribution in [2.75, 3.05) is 0 Å². The number of pyridine rings is 1. The summed E-state index contributed by atoms with van der Waals surface area (Å²) in [6.45, 7) is 2.01. The van der Waals surface area contributed by atoms with Crippen molar-refractivity contribution in [3.05, 3.63) is 34.2 Å². The molecule has 0 fully saturated rings. The molecule has 0 aliphatic rings. The van der Waals surface area contributed by atoms with Crippen LogP contribution in [0, 0.1) is 0 Å². The lowest BCUT2D eigenvalue weighted by Crippen LogP contribution is -2.49. The number of aliphatic carboxylic acids is 1. The highest BCUT2D eigenvalue weighted by Gasteiger charge is 2.25. The lowest BCUT2D eigenvalue weighted by atomic mass is 10.2. The summed E-state index contributed by atoms with van der Waals surface area (Å²) in [5.41, 5.74) is -0.695. The lowest BCUT2D eigenvalue weighted by molar-refractivity contribution is -0.144. The number of carboxylic acids is 1. The number of carboxylic acid groups (broad SMARTS) is 1. The van der Waals surface area contributed by atoms with Crippen LogP contribution in [0.3, 0.4) is 0 Å². The van der Waals surface area contributed by atoms with Crippen LogP contribution in [-0.4, -0.2) is 44.6 Å². The minimum absolute atomic E-state index is 0.0596. The molecule has 21 heavy (non-hydrogen) atoms. The van der Waals surface area contributed by atoms with Crippen LogP contribution in [0.25, 0.3) is 0 Å². The van der Waals surface area contributed by atoms with Gasteiger partial charge >= 0.3 is 5.97 Å². The zero-order chi connectivity index (χ0) is 16.2. The Morgan fingerprint density at radius 1 is 1.38 bits per heavy atom. The number of hydrogen-bond donors (Lipinski definition) is 3. The van der Waals surface area contributed by atoms with Crippen LogP contribution in [-0.2, 0) is 16.1 Å². The number of carbonyl (C=O) groups excluding carboxylic acids is 2. The molecule has 0 saturated carbocycles. The number of ketones is 1. The first-order valence-electron chi connectivity index (χ1n) is 6.14. The number of aromatic nitrogens is 1. The number of aliphatic hydroxyl groups is 1. The van der Waals surface area contributed by atoms with Crippen molar-refractivity contribution in [2.45, 2.75) is 32.5 Å². The minimum Gasteiger partial charge on any atom is -0.480 e. The van der Waals surface area contributed by atoms with Crippen molar-refractivity contribution in [3.63, 3.8) is 0 Å². The molecule has 0 radical (unpaired) electrons. The highest BCUT2D eigenvalue weighted by molar-refractivity contribution is 5.93. The van der Waals surface area contributed by atoms with Crippen LogP contribution in [0.1, 0.15) is 24.2 Å². The first-order valence-corrected chi connectivity index (χ1v) is 6.14. The molecule has 1 aromatic rings. The zero-order valence-electron chi connectivity index (χ0n) is 11.6. The van der Waals surface area contributed by atoms with Crippen molar-refractivity contribution in [2.24, 2.45) is 0 Å². The Morgan fingerprint density at radius 2 is 2.00 bits per heavy atom. The zero-order valence-corrected chi connectivity index (χ0v) is 11.6. The molecule has 1 amide bonds. The molecular formula is C13H16N2O6. The lowest BCUT2D eigenvalue weighted by Gasteiger charge is -2.17. The maximum Gasteiger partial charge on any atom is 0.328 e. The van der Waals surface area contributed by atoms with Crippen molar-refractivity contribution in [1.82, 2.24) is 9.88 Å². The molecule has 8 heteroatoms. The molecule has 1 rings (SSSR count). The number of rotatable bonds is 6. The van der Waals surface area contributed by atoms with E-state index in [2.05, 4.69) is 5.32 Å². The number of hydrogen-bond acceptors (Lipinski definition) is 5. The van der Waals surface area contributed by atoms with E-state index in [4.69, 9.17) is 5.11 Å². The van der Waals surface area contributed by atoms with Gasteiger partial charge in [0, 0.05) is 6.20 Å². The van der Waals surface area contributed by atoms with Gasteiger partial charge in [-0.2, -0.15) is 0 Å². The number of Topliss-reactive ketones (excluding diaryl/α,β-unsaturated/α-hetero) is 1. The van der Waals surface area contributed by atoms with Crippen LogP contribution < -0.4 is 10.9 Å². The molecule has 2 atom stereocenters. The highest BCUT2D eigenvalue weighted by atomic mass is 16.4. The number of amides is 1. The first kappa shape index (κ1) is 16.6. The SMILES string of the molecule is CC(=O)c1cccn(CC(=O)N[C@H](C(=O)O)[C@@H](C)O)c1=O. The number of aliphatic hydroxyl groups excluding tert-OH is 1. The van der Waals surface area contributed by atoms with Gasteiger partial charge in [-0.1, -0.05) is 0 Å². The van der Waals surface area contributed by atoms with Gasteiger partial charge in [0.05, 0.1) is 11.7 Å². The summed E-state index contributed by atoms with van der Waals surface area (Å²) in [6.07, 6.45) is 0.0266. The minimum atomic E-state index is -1.47. The van der Waals surface area contributed by atoms with E-state index in [1.807, 2.05) is 0 Å². The van der Waals surface area contributed by atoms with Gasteiger partial charge in [-0.3, -0.25) is 14.4 Å². The quantitative estimate of drug-likeness (QED) is 0.578. The fourth-order valence-corrected chi connectivity index (χ4v) is 1.69. The molecule has 0 aliphatic heterocycles. The molecule has 0 saturated heterocycles. The van der Waals surface area contributed by atoms with E-state index >= 15 is 0 Å². The third-order valence-corrected chi connectivity index (χ3v) is 2.78. The first-order chi connectivity index (χ1) is 9.73. The van der Waals surface area contributed by atoms with Crippen LogP contribution in [0.5, 0.6) is 0 Å². The average Bonchev–Trinajstić information content (AvgIpc) is 2.37. The van der Waals surface area contributed by atoms with E-state index in [-0.39, 0.29) is 5.56 Å². The summed E-state index contributed by atoms with van der Waals surface area (Å²) in [7, 11) is 0. The molecule has 8 nitrogen and oxygen atoms in total. The van der Waals surface area contributed by atoms with E-state index in [9.17, 15) is 24.3 Å². The number of carbonyl (C=O) groups is 3. The maximum absolute atomic E-state index is 11.9. The summed E-state index contributed by atoms with van der Waals surface area (Å²) in [4.78, 5) is 45.7. The Hall–Kier alpha value is -2.48. The van der Waals surface area contributed by atoms with Crippen molar-refractivity contribution in [3.8, 4) is 0 Å². The second-order valence-corrected chi connectivity index (χ2v) is 4.54. The molecule has 0 spiro atoms. The van der Waals surface area contributed by atoms with Gasteiger partial charge in [-0.25, -0.2) is 4.79 Å². The number of nitrogens with zero attached hydrogens (tertiary/aromatic N) is 1. The summed E-state index contributed by atoms with van der Waals surface area (Å²) in [5, 5.41) is 20.2. The second-order valence-electron chi connectivity index (χ2n) is 4.54. The van der Waals surface area contributed by atoms with Crippen LogP contribution in [0.15, 0.2) is 23.1 Å². The summed E-state index contributed by atoms with van der Waals surface area (Å²) in [6, 6.07) is 1.31. The molecule has 0 aromatic carbocycles. The van der Waals surface area contributed by atoms with Crippen LogP contribution in [0.2, 0.25) is 0 Å². The van der Waals surface area contributed by atoms with Crippen molar-refractivity contribution in [1.29, 1.82) is 0 Å². The Balaban J connectivity index is 2.90. The van der Waals surface area contributed by atoms with Gasteiger partial charge in [0.2, 0.25) is 5.91 Å². The van der Waals surface area contributed by atoms with Crippen LogP contribution >= 0.6 is 0 Å².